The fraction of sp³-hybridized carbons (Fsp3) is 0. The lowest BCUT2D eigenvalue weighted by Crippen LogP contribution is -1.93. The molecule has 0 amide bonds. The molecule has 0 saturated heterocycles. The van der Waals surface area contributed by atoms with Crippen LogP contribution >= 0.6 is 0 Å². The summed E-state index contributed by atoms with van der Waals surface area (Å²) in [7, 11) is 0. The minimum atomic E-state index is 0.819. The minimum Gasteiger partial charge on any atom is -0.455 e. The monoisotopic (exact) mass is 1840 g/mol. The number of fused-ring (bicyclic) bond motifs is 36. The van der Waals surface area contributed by atoms with Crippen LogP contribution in [-0.2, 0) is 0 Å². The summed E-state index contributed by atoms with van der Waals surface area (Å²) < 4.78 is 64.2. The van der Waals surface area contributed by atoms with Gasteiger partial charge in [-0.1, -0.05) is 309 Å². The third-order valence-corrected chi connectivity index (χ3v) is 30.7. The van der Waals surface area contributed by atoms with E-state index in [1.807, 2.05) is 0 Å². The van der Waals surface area contributed by atoms with Crippen LogP contribution in [0.25, 0.3) is 330 Å². The first kappa shape index (κ1) is 77.5. The molecule has 0 bridgehead atoms. The molecule has 0 aliphatic rings. The summed E-state index contributed by atoms with van der Waals surface area (Å²) in [6.07, 6.45) is 0. The van der Waals surface area contributed by atoms with Gasteiger partial charge in [0.25, 0.3) is 0 Å². The van der Waals surface area contributed by atoms with E-state index < -0.39 is 0 Å². The molecular formula is C132H72N4O8. The van der Waals surface area contributed by atoms with E-state index in [-0.39, 0.29) is 0 Å². The molecule has 0 aliphatic carbocycles. The van der Waals surface area contributed by atoms with Crippen molar-refractivity contribution in [1.29, 1.82) is 0 Å². The van der Waals surface area contributed by atoms with Crippen molar-refractivity contribution >= 4 is 263 Å². The van der Waals surface area contributed by atoms with Gasteiger partial charge < -0.3 is 53.6 Å². The van der Waals surface area contributed by atoms with Crippen LogP contribution in [0.2, 0.25) is 0 Å². The van der Waals surface area contributed by atoms with E-state index in [0.717, 1.165) is 287 Å². The Balaban J connectivity index is 0.000000127. The highest BCUT2D eigenvalue weighted by Gasteiger charge is 2.29. The highest BCUT2D eigenvalue weighted by molar-refractivity contribution is 6.25. The van der Waals surface area contributed by atoms with Gasteiger partial charge in [-0.25, -0.2) is 0 Å². The molecule has 668 valence electrons. The molecule has 0 unspecified atom stereocenters. The SMILES string of the molecule is c1cc(-c2ccc(-c3cccc4c3oc3cc5c(cc34)oc3c(-n4c6ccccc6c6ccccc64)cccc35)cc2)c2oc3cc4c(cc3c2c1)oc1c(-n2c3ccccc3c3ccccc32)cccc14.c1cc(-c2cccc3c2oc2cc4c(cc23)oc2c(-n3c5ccccc5c5ccccc53)cccc24)cc(-c2cccc3c2oc2cc4c(cc23)oc2c(-n3c5ccccc5c5ccccc53)cccc24)c1. The van der Waals surface area contributed by atoms with Crippen LogP contribution in [0.3, 0.4) is 0 Å². The second-order valence-electron chi connectivity index (χ2n) is 38.2. The lowest BCUT2D eigenvalue weighted by molar-refractivity contribution is 0.663. The Bertz CT molecular complexity index is 10800. The average molecular weight is 1840 g/mol. The molecule has 0 saturated carbocycles. The molecule has 12 nitrogen and oxygen atoms in total. The van der Waals surface area contributed by atoms with Gasteiger partial charge in [0.2, 0.25) is 0 Å². The van der Waals surface area contributed by atoms with Crippen molar-refractivity contribution in [3.8, 4) is 67.3 Å². The number of aromatic nitrogens is 4. The molecule has 22 aromatic carbocycles. The van der Waals surface area contributed by atoms with Gasteiger partial charge in [0, 0.05) is 152 Å². The lowest BCUT2D eigenvalue weighted by atomic mass is 9.96. The first-order valence-electron chi connectivity index (χ1n) is 48.8. The van der Waals surface area contributed by atoms with Gasteiger partial charge in [0.15, 0.2) is 22.3 Å². The maximum Gasteiger partial charge on any atom is 0.159 e. The maximum absolute atomic E-state index is 6.89. The lowest BCUT2D eigenvalue weighted by Gasteiger charge is -2.08. The average Bonchev–Trinajstić information content (AvgIpc) is 1.57. The first-order valence-corrected chi connectivity index (χ1v) is 48.8. The van der Waals surface area contributed by atoms with E-state index in [2.05, 4.69) is 455 Å². The highest BCUT2D eigenvalue weighted by Crippen LogP contribution is 2.52. The second-order valence-corrected chi connectivity index (χ2v) is 38.2. The molecule has 0 radical (unpaired) electrons. The Hall–Kier alpha value is -19.6. The van der Waals surface area contributed by atoms with Crippen LogP contribution in [0, 0.1) is 0 Å². The fourth-order valence-electron chi connectivity index (χ4n) is 24.3. The van der Waals surface area contributed by atoms with Crippen molar-refractivity contribution in [3.05, 3.63) is 437 Å². The molecule has 0 atom stereocenters. The quantitative estimate of drug-likeness (QED) is 0.147. The Kier molecular flexibility index (Phi) is 15.6. The number of hydrogen-bond donors (Lipinski definition) is 0. The zero-order valence-corrected chi connectivity index (χ0v) is 76.6. The van der Waals surface area contributed by atoms with E-state index in [9.17, 15) is 0 Å². The van der Waals surface area contributed by atoms with E-state index >= 15 is 0 Å². The van der Waals surface area contributed by atoms with Gasteiger partial charge in [0.05, 0.1) is 66.9 Å². The Morgan fingerprint density at radius 1 is 0.111 bits per heavy atom. The van der Waals surface area contributed by atoms with E-state index in [0.29, 0.717) is 0 Å². The smallest absolute Gasteiger partial charge is 0.159 e. The van der Waals surface area contributed by atoms with E-state index in [1.165, 1.54) is 43.1 Å². The number of rotatable bonds is 8. The third-order valence-electron chi connectivity index (χ3n) is 30.7. The van der Waals surface area contributed by atoms with Gasteiger partial charge in [-0.2, -0.15) is 0 Å². The third kappa shape index (κ3) is 10.8. The highest BCUT2D eigenvalue weighted by atomic mass is 16.4. The van der Waals surface area contributed by atoms with Crippen molar-refractivity contribution in [1.82, 2.24) is 18.3 Å². The molecule has 0 aliphatic heterocycles. The number of furan rings is 8. The summed E-state index contributed by atoms with van der Waals surface area (Å²) in [5.74, 6) is 0. The van der Waals surface area contributed by atoms with Gasteiger partial charge >= 0.3 is 0 Å². The number of nitrogens with zero attached hydrogens (tertiary/aromatic N) is 4. The van der Waals surface area contributed by atoms with E-state index in [4.69, 9.17) is 35.3 Å². The number of hydrogen-bond acceptors (Lipinski definition) is 8. The zero-order valence-electron chi connectivity index (χ0n) is 76.6. The molecule has 144 heavy (non-hydrogen) atoms. The number of para-hydroxylation sites is 16. The Labute approximate surface area is 814 Å². The van der Waals surface area contributed by atoms with Crippen LogP contribution in [0.1, 0.15) is 0 Å². The summed E-state index contributed by atoms with van der Waals surface area (Å²) in [5.41, 5.74) is 34.9. The van der Waals surface area contributed by atoms with Crippen molar-refractivity contribution in [3.63, 3.8) is 0 Å². The summed E-state index contributed by atoms with van der Waals surface area (Å²) in [4.78, 5) is 0. The molecule has 34 aromatic rings. The van der Waals surface area contributed by atoms with Crippen LogP contribution in [0.15, 0.2) is 472 Å². The van der Waals surface area contributed by atoms with Crippen molar-refractivity contribution < 1.29 is 35.3 Å². The minimum absolute atomic E-state index is 0.819. The molecule has 12 heterocycles. The maximum atomic E-state index is 6.89. The molecule has 0 spiro atoms. The Morgan fingerprint density at radius 3 is 0.479 bits per heavy atom. The zero-order chi connectivity index (χ0) is 93.5. The van der Waals surface area contributed by atoms with Crippen molar-refractivity contribution in [2.45, 2.75) is 0 Å². The van der Waals surface area contributed by atoms with Gasteiger partial charge in [-0.15, -0.1) is 0 Å². The van der Waals surface area contributed by atoms with Crippen molar-refractivity contribution in [2.24, 2.45) is 0 Å². The molecular weight excluding hydrogens is 1770 g/mol. The van der Waals surface area contributed by atoms with Gasteiger partial charge in [-0.05, 0) is 150 Å². The summed E-state index contributed by atoms with van der Waals surface area (Å²) >= 11 is 0. The number of benzene rings is 22. The van der Waals surface area contributed by atoms with E-state index in [1.54, 1.807) is 0 Å². The van der Waals surface area contributed by atoms with Crippen LogP contribution in [0.4, 0.5) is 0 Å². The normalized spacial score (nSPS) is 12.4. The fourth-order valence-corrected chi connectivity index (χ4v) is 24.3. The first-order chi connectivity index (χ1) is 71.4. The molecule has 0 fully saturated rings. The summed E-state index contributed by atoms with van der Waals surface area (Å²) in [6.45, 7) is 0. The second kappa shape index (κ2) is 29.0. The topological polar surface area (TPSA) is 125 Å². The molecule has 34 rings (SSSR count). The predicted octanol–water partition coefficient (Wildman–Crippen LogP) is 37.6. The van der Waals surface area contributed by atoms with Crippen LogP contribution in [-0.4, -0.2) is 18.3 Å². The summed E-state index contributed by atoms with van der Waals surface area (Å²) in [6, 6.07) is 155. The molecule has 12 heteroatoms. The Morgan fingerprint density at radius 2 is 0.271 bits per heavy atom. The largest absolute Gasteiger partial charge is 0.455 e. The van der Waals surface area contributed by atoms with Crippen molar-refractivity contribution in [2.75, 3.05) is 0 Å². The standard InChI is InChI=1S/2C66H36N2O4/c1-5-26-53-41(16-1)42-17-2-6-27-54(42)67(53)57-30-12-24-47-51-35-59-49(33-61(51)71-65(47)57)45-22-10-20-39(63(45)69-59)37-14-9-15-38(32-37)40-21-11-23-46-50-34-62-52(36-60(50)70-64(40)46)48-25-13-31-58(66(48)72-62)68-55-28-7-3-18-43(55)44-19-4-8-29-56(44)68;1-5-23-53-41(13-1)42-14-2-6-24-54(42)67(53)57-27-11-21-47-51-35-59-49(33-61(51)71-65(47)57)45-19-9-17-39(63(45)69-59)37-29-31-38(32-30-37)40-18-10-20-46-50-34-62-52(36-60(50)70-64(40)46)48-22-12-28-58(66(48)72-62)68-55-25-7-3-15-43(55)44-16-4-8-26-56(44)68/h2*1-36H. The molecule has 0 N–H and O–H groups in total. The summed E-state index contributed by atoms with van der Waals surface area (Å²) in [5, 5.41) is 26.3. The van der Waals surface area contributed by atoms with Gasteiger partial charge in [0.1, 0.15) is 67.0 Å². The van der Waals surface area contributed by atoms with Crippen LogP contribution in [0.5, 0.6) is 0 Å². The molecule has 12 aromatic heterocycles. The van der Waals surface area contributed by atoms with Crippen LogP contribution < -0.4 is 0 Å². The van der Waals surface area contributed by atoms with Gasteiger partial charge in [-0.3, -0.25) is 0 Å². The predicted molar refractivity (Wildman–Crippen MR) is 590 cm³/mol.